The number of aromatic nitrogens is 2. The van der Waals surface area contributed by atoms with Gasteiger partial charge in [-0.1, -0.05) is 23.7 Å². The molecule has 0 saturated carbocycles. The molecule has 0 fully saturated rings. The van der Waals surface area contributed by atoms with Crippen molar-refractivity contribution < 1.29 is 14.4 Å². The van der Waals surface area contributed by atoms with Gasteiger partial charge in [0.25, 0.3) is 0 Å². The number of hydrogen-bond acceptors (Lipinski definition) is 4. The first kappa shape index (κ1) is 17.5. The molecule has 0 atom stereocenters. The van der Waals surface area contributed by atoms with Crippen molar-refractivity contribution in [2.45, 2.75) is 6.92 Å². The second-order valence-corrected chi connectivity index (χ2v) is 5.27. The Labute approximate surface area is 143 Å². The summed E-state index contributed by atoms with van der Waals surface area (Å²) < 4.78 is 1.54. The second-order valence-electron chi connectivity index (χ2n) is 4.86. The topological polar surface area (TPSA) is 105 Å². The molecule has 1 aromatic carbocycles. The number of anilines is 1. The summed E-state index contributed by atoms with van der Waals surface area (Å²) in [5.41, 5.74) is 1.15. The normalized spacial score (nSPS) is 10.1. The van der Waals surface area contributed by atoms with Crippen LogP contribution in [0.15, 0.2) is 36.7 Å². The molecule has 0 bridgehead atoms. The molecule has 0 unspecified atom stereocenters. The van der Waals surface area contributed by atoms with E-state index in [1.807, 2.05) is 12.1 Å². The van der Waals surface area contributed by atoms with Crippen LogP contribution >= 0.6 is 11.6 Å². The molecule has 2 aromatic rings. The Hall–Kier alpha value is -2.87. The van der Waals surface area contributed by atoms with E-state index in [0.717, 1.165) is 0 Å². The highest BCUT2D eigenvalue weighted by Crippen LogP contribution is 2.20. The number of amides is 3. The number of hydrogen-bond donors (Lipinski definition) is 3. The van der Waals surface area contributed by atoms with E-state index in [1.165, 1.54) is 17.8 Å². The lowest BCUT2D eigenvalue weighted by Crippen LogP contribution is -2.39. The molecule has 24 heavy (non-hydrogen) atoms. The monoisotopic (exact) mass is 349 g/mol. The fourth-order valence-corrected chi connectivity index (χ4v) is 2.03. The van der Waals surface area contributed by atoms with Crippen LogP contribution in [0.5, 0.6) is 0 Å². The van der Waals surface area contributed by atoms with E-state index in [9.17, 15) is 14.4 Å². The van der Waals surface area contributed by atoms with Gasteiger partial charge in [0.1, 0.15) is 0 Å². The molecule has 9 heteroatoms. The summed E-state index contributed by atoms with van der Waals surface area (Å²) in [6, 6.07) is 7.16. The van der Waals surface area contributed by atoms with E-state index in [4.69, 9.17) is 11.6 Å². The largest absolute Gasteiger partial charge is 0.347 e. The van der Waals surface area contributed by atoms with Gasteiger partial charge in [0.05, 0.1) is 41.9 Å². The minimum absolute atomic E-state index is 0.174. The first-order chi connectivity index (χ1) is 11.5. The highest BCUT2D eigenvalue weighted by molar-refractivity contribution is 6.32. The molecular weight excluding hydrogens is 334 g/mol. The molecule has 0 aliphatic carbocycles. The third-order valence-electron chi connectivity index (χ3n) is 2.91. The van der Waals surface area contributed by atoms with Crippen LogP contribution in [-0.4, -0.2) is 40.6 Å². The summed E-state index contributed by atoms with van der Waals surface area (Å²) in [4.78, 5) is 33.9. The van der Waals surface area contributed by atoms with Gasteiger partial charge < -0.3 is 16.0 Å². The number of nitrogens with one attached hydrogen (secondary N) is 3. The number of carbonyl (C=O) groups is 3. The number of para-hydroxylation sites is 1. The number of nitrogens with zero attached hydrogens (tertiary/aromatic N) is 2. The average molecular weight is 350 g/mol. The van der Waals surface area contributed by atoms with Crippen LogP contribution in [0.25, 0.3) is 5.69 Å². The van der Waals surface area contributed by atoms with E-state index in [1.54, 1.807) is 18.3 Å². The average Bonchev–Trinajstić information content (AvgIpc) is 2.99. The highest BCUT2D eigenvalue weighted by Gasteiger charge is 2.09. The third kappa shape index (κ3) is 5.10. The van der Waals surface area contributed by atoms with Gasteiger partial charge in [0, 0.05) is 6.92 Å². The Morgan fingerprint density at radius 2 is 1.83 bits per heavy atom. The number of benzene rings is 1. The zero-order valence-corrected chi connectivity index (χ0v) is 13.6. The summed E-state index contributed by atoms with van der Waals surface area (Å²) in [6.45, 7) is 0.916. The van der Waals surface area contributed by atoms with Crippen molar-refractivity contribution >= 4 is 35.0 Å². The van der Waals surface area contributed by atoms with Crippen LogP contribution < -0.4 is 16.0 Å². The zero-order chi connectivity index (χ0) is 17.5. The van der Waals surface area contributed by atoms with E-state index < -0.39 is 11.8 Å². The molecule has 0 radical (unpaired) electrons. The van der Waals surface area contributed by atoms with E-state index in [-0.39, 0.29) is 19.0 Å². The van der Waals surface area contributed by atoms with Crippen molar-refractivity contribution in [3.8, 4) is 5.69 Å². The van der Waals surface area contributed by atoms with Crippen molar-refractivity contribution in [1.29, 1.82) is 0 Å². The quantitative estimate of drug-likeness (QED) is 0.714. The van der Waals surface area contributed by atoms with Gasteiger partial charge in [-0.2, -0.15) is 5.10 Å². The fraction of sp³-hybridized carbons (Fsp3) is 0.200. The summed E-state index contributed by atoms with van der Waals surface area (Å²) >= 11 is 6.08. The lowest BCUT2D eigenvalue weighted by atomic mass is 10.3. The van der Waals surface area contributed by atoms with Crippen molar-refractivity contribution in [2.75, 3.05) is 18.4 Å². The van der Waals surface area contributed by atoms with Gasteiger partial charge in [0.15, 0.2) is 0 Å². The summed E-state index contributed by atoms with van der Waals surface area (Å²) in [5, 5.41) is 12.0. The standard InChI is InChI=1S/C15H16ClN5O3/c1-10(22)17-7-14(23)18-8-15(24)20-11-6-19-21(9-11)13-5-3-2-4-12(13)16/h2-6,9H,7-8H2,1H3,(H,17,22)(H,18,23)(H,20,24). The fourth-order valence-electron chi connectivity index (χ4n) is 1.81. The summed E-state index contributed by atoms with van der Waals surface area (Å²) in [5.74, 6) is -1.18. The first-order valence-electron chi connectivity index (χ1n) is 7.06. The molecule has 0 saturated heterocycles. The van der Waals surface area contributed by atoms with E-state index in [2.05, 4.69) is 21.0 Å². The molecule has 0 aliphatic rings. The molecule has 126 valence electrons. The molecule has 1 aromatic heterocycles. The minimum Gasteiger partial charge on any atom is -0.347 e. The molecule has 8 nitrogen and oxygen atoms in total. The van der Waals surface area contributed by atoms with Crippen molar-refractivity contribution in [1.82, 2.24) is 20.4 Å². The molecule has 0 aliphatic heterocycles. The van der Waals surface area contributed by atoms with Gasteiger partial charge in [-0.3, -0.25) is 14.4 Å². The van der Waals surface area contributed by atoms with Crippen molar-refractivity contribution in [3.63, 3.8) is 0 Å². The number of rotatable bonds is 6. The molecular formula is C15H16ClN5O3. The lowest BCUT2D eigenvalue weighted by Gasteiger charge is -2.06. The Kier molecular flexibility index (Phi) is 5.91. The molecule has 0 spiro atoms. The van der Waals surface area contributed by atoms with E-state index >= 15 is 0 Å². The van der Waals surface area contributed by atoms with Gasteiger partial charge in [-0.05, 0) is 12.1 Å². The summed E-state index contributed by atoms with van der Waals surface area (Å²) in [6.07, 6.45) is 3.08. The maximum Gasteiger partial charge on any atom is 0.243 e. The maximum atomic E-state index is 11.8. The van der Waals surface area contributed by atoms with Gasteiger partial charge in [0.2, 0.25) is 17.7 Å². The Morgan fingerprint density at radius 3 is 2.54 bits per heavy atom. The van der Waals surface area contributed by atoms with E-state index in [0.29, 0.717) is 16.4 Å². The number of carbonyl (C=O) groups excluding carboxylic acids is 3. The maximum absolute atomic E-state index is 11.8. The van der Waals surface area contributed by atoms with Gasteiger partial charge in [-0.25, -0.2) is 4.68 Å². The second kappa shape index (κ2) is 8.11. The first-order valence-corrected chi connectivity index (χ1v) is 7.44. The van der Waals surface area contributed by atoms with Crippen LogP contribution in [-0.2, 0) is 14.4 Å². The smallest absolute Gasteiger partial charge is 0.243 e. The minimum atomic E-state index is -0.452. The van der Waals surface area contributed by atoms with Crippen LogP contribution in [0, 0.1) is 0 Å². The zero-order valence-electron chi connectivity index (χ0n) is 12.9. The molecule has 1 heterocycles. The number of halogens is 1. The predicted molar refractivity (Wildman–Crippen MR) is 88.9 cm³/mol. The van der Waals surface area contributed by atoms with Crippen molar-refractivity contribution in [3.05, 3.63) is 41.7 Å². The Balaban J connectivity index is 1.86. The van der Waals surface area contributed by atoms with Crippen LogP contribution in [0.1, 0.15) is 6.92 Å². The SMILES string of the molecule is CC(=O)NCC(=O)NCC(=O)Nc1cnn(-c2ccccc2Cl)c1. The van der Waals surface area contributed by atoms with Crippen molar-refractivity contribution in [2.24, 2.45) is 0 Å². The van der Waals surface area contributed by atoms with Crippen LogP contribution in [0.2, 0.25) is 5.02 Å². The van der Waals surface area contributed by atoms with Gasteiger partial charge in [-0.15, -0.1) is 0 Å². The van der Waals surface area contributed by atoms with Gasteiger partial charge >= 0.3 is 0 Å². The summed E-state index contributed by atoms with van der Waals surface area (Å²) in [7, 11) is 0. The highest BCUT2D eigenvalue weighted by atomic mass is 35.5. The third-order valence-corrected chi connectivity index (χ3v) is 3.23. The Bertz CT molecular complexity index is 759. The predicted octanol–water partition coefficient (Wildman–Crippen LogP) is 0.717. The Morgan fingerprint density at radius 1 is 1.12 bits per heavy atom. The van der Waals surface area contributed by atoms with Crippen LogP contribution in [0.4, 0.5) is 5.69 Å². The molecule has 3 amide bonds. The van der Waals surface area contributed by atoms with Crippen LogP contribution in [0.3, 0.4) is 0 Å². The molecule has 2 rings (SSSR count). The lowest BCUT2D eigenvalue weighted by molar-refractivity contribution is -0.126. The molecule has 3 N–H and O–H groups in total.